The first-order valence-electron chi connectivity index (χ1n) is 19.7. The van der Waals surface area contributed by atoms with E-state index >= 15 is 0 Å². The summed E-state index contributed by atoms with van der Waals surface area (Å²) in [4.78, 5) is 24.2. The molecule has 0 aliphatic rings. The SMILES string of the molecule is CCCCC/C=C/C/C=C/C/C=C/C/C=C/CCCC(=O)OC[C@H](CO)OC(=O)CCCCCCCCCCCCCCCCCC. The second-order valence-corrected chi connectivity index (χ2v) is 13.0. The summed E-state index contributed by atoms with van der Waals surface area (Å²) in [6.45, 7) is 4.06. The number of ether oxygens (including phenoxy) is 2. The molecular formula is C42H74O5. The second-order valence-electron chi connectivity index (χ2n) is 13.0. The number of esters is 2. The van der Waals surface area contributed by atoms with Crippen molar-refractivity contribution in [3.05, 3.63) is 48.6 Å². The number of unbranched alkanes of at least 4 members (excludes halogenated alkanes) is 19. The fraction of sp³-hybridized carbons (Fsp3) is 0.762. The summed E-state index contributed by atoms with van der Waals surface area (Å²) in [5, 5.41) is 9.54. The monoisotopic (exact) mass is 659 g/mol. The fourth-order valence-corrected chi connectivity index (χ4v) is 5.37. The lowest BCUT2D eigenvalue weighted by Crippen LogP contribution is -2.28. The maximum absolute atomic E-state index is 12.2. The van der Waals surface area contributed by atoms with Crippen LogP contribution in [-0.4, -0.2) is 36.4 Å². The molecule has 47 heavy (non-hydrogen) atoms. The van der Waals surface area contributed by atoms with Crippen LogP contribution in [-0.2, 0) is 19.1 Å². The lowest BCUT2D eigenvalue weighted by atomic mass is 10.0. The van der Waals surface area contributed by atoms with Crippen LogP contribution in [0.1, 0.15) is 187 Å². The summed E-state index contributed by atoms with van der Waals surface area (Å²) in [5.41, 5.74) is 0. The molecule has 0 heterocycles. The van der Waals surface area contributed by atoms with Crippen LogP contribution >= 0.6 is 0 Å². The van der Waals surface area contributed by atoms with Gasteiger partial charge in [-0.2, -0.15) is 0 Å². The molecular weight excluding hydrogens is 584 g/mol. The summed E-state index contributed by atoms with van der Waals surface area (Å²) in [6, 6.07) is 0. The van der Waals surface area contributed by atoms with Crippen LogP contribution in [0.15, 0.2) is 48.6 Å². The molecule has 0 aromatic rings. The summed E-state index contributed by atoms with van der Waals surface area (Å²) < 4.78 is 10.6. The van der Waals surface area contributed by atoms with Gasteiger partial charge in [-0.1, -0.05) is 172 Å². The molecule has 0 radical (unpaired) electrons. The molecule has 1 atom stereocenters. The van der Waals surface area contributed by atoms with E-state index in [9.17, 15) is 14.7 Å². The fourth-order valence-electron chi connectivity index (χ4n) is 5.37. The topological polar surface area (TPSA) is 72.8 Å². The normalized spacial score (nSPS) is 12.7. The number of aliphatic hydroxyl groups excluding tert-OH is 1. The molecule has 5 nitrogen and oxygen atoms in total. The standard InChI is InChI=1S/C42H74O5/c1-3-5-7-9-11-13-15-17-19-21-23-24-26-28-30-32-34-36-41(44)46-39-40(38-43)47-42(45)37-35-33-31-29-27-25-22-20-18-16-14-12-10-8-6-4-2/h11,13,17,19,23-24,28,30,40,43H,3-10,12,14-16,18,20-22,25-27,29,31-39H2,1-2H3/b13-11+,19-17+,24-23+,30-28+/t40-/m0/s1. The van der Waals surface area contributed by atoms with Gasteiger partial charge >= 0.3 is 11.9 Å². The molecule has 0 aromatic heterocycles. The number of rotatable bonds is 35. The lowest BCUT2D eigenvalue weighted by Gasteiger charge is -2.15. The van der Waals surface area contributed by atoms with Crippen LogP contribution in [0.5, 0.6) is 0 Å². The highest BCUT2D eigenvalue weighted by Gasteiger charge is 2.16. The highest BCUT2D eigenvalue weighted by atomic mass is 16.6. The van der Waals surface area contributed by atoms with Gasteiger partial charge in [0.05, 0.1) is 6.61 Å². The van der Waals surface area contributed by atoms with Crippen molar-refractivity contribution >= 4 is 11.9 Å². The summed E-state index contributed by atoms with van der Waals surface area (Å²) in [5.74, 6) is -0.654. The van der Waals surface area contributed by atoms with Gasteiger partial charge in [0, 0.05) is 12.8 Å². The third-order valence-corrected chi connectivity index (χ3v) is 8.38. The first-order chi connectivity index (χ1) is 23.1. The zero-order valence-corrected chi connectivity index (χ0v) is 30.8. The van der Waals surface area contributed by atoms with E-state index in [2.05, 4.69) is 62.5 Å². The van der Waals surface area contributed by atoms with Crippen LogP contribution in [0, 0.1) is 0 Å². The number of carbonyl (C=O) groups excluding carboxylic acids is 2. The van der Waals surface area contributed by atoms with E-state index < -0.39 is 6.10 Å². The van der Waals surface area contributed by atoms with E-state index in [1.54, 1.807) is 0 Å². The minimum atomic E-state index is -0.791. The number of allylic oxidation sites excluding steroid dienone is 8. The van der Waals surface area contributed by atoms with E-state index in [0.717, 1.165) is 44.9 Å². The minimum absolute atomic E-state index is 0.0929. The molecule has 1 N–H and O–H groups in total. The molecule has 0 fully saturated rings. The van der Waals surface area contributed by atoms with Crippen LogP contribution < -0.4 is 0 Å². The Morgan fingerprint density at radius 3 is 1.34 bits per heavy atom. The number of carbonyl (C=O) groups is 2. The van der Waals surface area contributed by atoms with Gasteiger partial charge in [-0.25, -0.2) is 0 Å². The Kier molecular flexibility index (Phi) is 36.6. The smallest absolute Gasteiger partial charge is 0.306 e. The quantitative estimate of drug-likeness (QED) is 0.0417. The van der Waals surface area contributed by atoms with Crippen molar-refractivity contribution in [2.24, 2.45) is 0 Å². The van der Waals surface area contributed by atoms with Gasteiger partial charge in [0.2, 0.25) is 0 Å². The van der Waals surface area contributed by atoms with Crippen molar-refractivity contribution in [2.45, 2.75) is 193 Å². The van der Waals surface area contributed by atoms with Gasteiger partial charge in [0.15, 0.2) is 6.10 Å². The van der Waals surface area contributed by atoms with Gasteiger partial charge in [-0.3, -0.25) is 9.59 Å². The summed E-state index contributed by atoms with van der Waals surface area (Å²) in [7, 11) is 0. The number of aliphatic hydroxyl groups is 1. The van der Waals surface area contributed by atoms with Crippen molar-refractivity contribution < 1.29 is 24.2 Å². The first-order valence-corrected chi connectivity index (χ1v) is 19.7. The van der Waals surface area contributed by atoms with Crippen LogP contribution in [0.3, 0.4) is 0 Å². The number of hydrogen-bond acceptors (Lipinski definition) is 5. The van der Waals surface area contributed by atoms with E-state index in [1.165, 1.54) is 109 Å². The zero-order chi connectivity index (χ0) is 34.3. The van der Waals surface area contributed by atoms with E-state index in [1.807, 2.05) is 0 Å². The Balaban J connectivity index is 3.64. The molecule has 0 spiro atoms. The third kappa shape index (κ3) is 36.5. The first kappa shape index (κ1) is 44.9. The molecule has 5 heteroatoms. The maximum Gasteiger partial charge on any atom is 0.306 e. The highest BCUT2D eigenvalue weighted by molar-refractivity contribution is 5.70. The van der Waals surface area contributed by atoms with Crippen molar-refractivity contribution in [3.8, 4) is 0 Å². The molecule has 0 aliphatic heterocycles. The summed E-state index contributed by atoms with van der Waals surface area (Å²) >= 11 is 0. The zero-order valence-electron chi connectivity index (χ0n) is 30.8. The highest BCUT2D eigenvalue weighted by Crippen LogP contribution is 2.14. The van der Waals surface area contributed by atoms with E-state index in [-0.39, 0.29) is 25.2 Å². The van der Waals surface area contributed by atoms with Crippen molar-refractivity contribution in [1.82, 2.24) is 0 Å². The predicted molar refractivity (Wildman–Crippen MR) is 200 cm³/mol. The molecule has 0 saturated carbocycles. The van der Waals surface area contributed by atoms with Crippen LogP contribution in [0.4, 0.5) is 0 Å². The van der Waals surface area contributed by atoms with Crippen molar-refractivity contribution in [2.75, 3.05) is 13.2 Å². The van der Waals surface area contributed by atoms with Crippen LogP contribution in [0.25, 0.3) is 0 Å². The van der Waals surface area contributed by atoms with E-state index in [0.29, 0.717) is 19.3 Å². The van der Waals surface area contributed by atoms with Gasteiger partial charge in [0.25, 0.3) is 0 Å². The Bertz CT molecular complexity index is 797. The second kappa shape index (κ2) is 38.3. The maximum atomic E-state index is 12.2. The molecule has 0 aromatic carbocycles. The van der Waals surface area contributed by atoms with E-state index in [4.69, 9.17) is 9.47 Å². The largest absolute Gasteiger partial charge is 0.462 e. The lowest BCUT2D eigenvalue weighted by molar-refractivity contribution is -0.161. The Morgan fingerprint density at radius 1 is 0.489 bits per heavy atom. The molecule has 0 saturated heterocycles. The van der Waals surface area contributed by atoms with Crippen molar-refractivity contribution in [3.63, 3.8) is 0 Å². The number of hydrogen-bond donors (Lipinski definition) is 1. The molecule has 0 amide bonds. The predicted octanol–water partition coefficient (Wildman–Crippen LogP) is 12.2. The molecule has 272 valence electrons. The molecule has 0 aliphatic carbocycles. The third-order valence-electron chi connectivity index (χ3n) is 8.38. The average Bonchev–Trinajstić information content (AvgIpc) is 3.07. The van der Waals surface area contributed by atoms with Gasteiger partial charge in [-0.05, 0) is 51.4 Å². The molecule has 0 rings (SSSR count). The van der Waals surface area contributed by atoms with Gasteiger partial charge < -0.3 is 14.6 Å². The summed E-state index contributed by atoms with van der Waals surface area (Å²) in [6.07, 6.45) is 47.4. The average molecular weight is 659 g/mol. The molecule has 0 unspecified atom stereocenters. The minimum Gasteiger partial charge on any atom is -0.462 e. The molecule has 0 bridgehead atoms. The van der Waals surface area contributed by atoms with Crippen molar-refractivity contribution in [1.29, 1.82) is 0 Å². The van der Waals surface area contributed by atoms with Gasteiger partial charge in [0.1, 0.15) is 6.61 Å². The van der Waals surface area contributed by atoms with Crippen LogP contribution in [0.2, 0.25) is 0 Å². The Morgan fingerprint density at radius 2 is 0.872 bits per heavy atom. The Labute approximate surface area is 290 Å². The van der Waals surface area contributed by atoms with Gasteiger partial charge in [-0.15, -0.1) is 0 Å². The Hall–Kier alpha value is -2.14.